The lowest BCUT2D eigenvalue weighted by Gasteiger charge is -2.40. The molecule has 0 rings (SSSR count). The van der Waals surface area contributed by atoms with E-state index >= 15 is 0 Å². The molecule has 0 saturated heterocycles. The normalized spacial score (nSPS) is 14.2. The van der Waals surface area contributed by atoms with Crippen LogP contribution in [0.2, 0.25) is 0 Å². The number of likely N-dealkylation sites (N-methyl/N-ethyl adjacent to an activating group) is 1. The number of unbranched alkanes of at least 4 members (excludes halogenated alkanes) is 30. The molecule has 0 spiro atoms. The molecule has 0 aromatic heterocycles. The molecule has 2 atom stereocenters. The molecule has 0 heterocycles. The highest BCUT2D eigenvalue weighted by Crippen LogP contribution is 2.50. The average Bonchev–Trinajstić information content (AvgIpc) is 3.09. The van der Waals surface area contributed by atoms with Crippen molar-refractivity contribution in [1.29, 1.82) is 0 Å². The number of quaternary nitrogens is 1. The molecular weight excluding hydrogens is 669 g/mol. The molecule has 0 aromatic carbocycles. The van der Waals surface area contributed by atoms with Gasteiger partial charge in [-0.1, -0.05) is 219 Å². The van der Waals surface area contributed by atoms with Crippen LogP contribution >= 0.6 is 7.82 Å². The second-order valence-corrected chi connectivity index (χ2v) is 18.8. The van der Waals surface area contributed by atoms with E-state index in [2.05, 4.69) is 35.0 Å². The van der Waals surface area contributed by atoms with Gasteiger partial charge in [-0.2, -0.15) is 0 Å². The van der Waals surface area contributed by atoms with Gasteiger partial charge in [-0.25, -0.2) is 4.57 Å². The Balaban J connectivity index is 4.64. The first-order chi connectivity index (χ1) is 25.0. The smallest absolute Gasteiger partial charge is 0.394 e. The van der Waals surface area contributed by atoms with Crippen molar-refractivity contribution in [1.82, 2.24) is 0 Å². The van der Waals surface area contributed by atoms with Gasteiger partial charge < -0.3 is 19.6 Å². The predicted octanol–water partition coefficient (Wildman–Crippen LogP) is 13.2. The highest BCUT2D eigenvalue weighted by molar-refractivity contribution is 7.47. The molecular formula is C44H93NO6P+. The molecule has 0 amide bonds. The second kappa shape index (κ2) is 35.4. The van der Waals surface area contributed by atoms with Crippen molar-refractivity contribution < 1.29 is 33.2 Å². The van der Waals surface area contributed by atoms with Crippen LogP contribution in [0.1, 0.15) is 232 Å². The van der Waals surface area contributed by atoms with Gasteiger partial charge in [0.1, 0.15) is 18.2 Å². The van der Waals surface area contributed by atoms with Crippen LogP contribution < -0.4 is 0 Å². The van der Waals surface area contributed by atoms with Crippen molar-refractivity contribution in [3.05, 3.63) is 0 Å². The van der Waals surface area contributed by atoms with Gasteiger partial charge in [0.05, 0.1) is 34.4 Å². The first kappa shape index (κ1) is 52.0. The fraction of sp³-hybridized carbons (Fsp3) is 1.00. The maximum Gasteiger partial charge on any atom is 0.473 e. The summed E-state index contributed by atoms with van der Waals surface area (Å²) in [6.45, 7) is 4.22. The molecule has 0 aliphatic carbocycles. The summed E-state index contributed by atoms with van der Waals surface area (Å²) < 4.78 is 25.1. The summed E-state index contributed by atoms with van der Waals surface area (Å²) in [6.07, 6.45) is 42.2. The lowest BCUT2D eigenvalue weighted by Crippen LogP contribution is -2.50. The van der Waals surface area contributed by atoms with Gasteiger partial charge in [0, 0.05) is 0 Å². The zero-order valence-electron chi connectivity index (χ0n) is 35.7. The molecule has 1 unspecified atom stereocenters. The van der Waals surface area contributed by atoms with Crippen LogP contribution in [0.3, 0.4) is 0 Å². The standard InChI is InChI=1S/C44H92NO6P/c1-6-8-10-12-14-16-18-20-22-24-26-28-30-32-34-36-38-44(42-45(3,4)5,51-52(48,49)50-41-43(47)40-46)39-37-35-33-31-29-27-25-23-21-19-17-15-13-11-9-7-2/h43,46-47H,6-42H2,1-5H3/p+1/t43-/m1/s1. The van der Waals surface area contributed by atoms with Gasteiger partial charge in [-0.15, -0.1) is 0 Å². The van der Waals surface area contributed by atoms with Crippen LogP contribution in [-0.2, 0) is 13.6 Å². The summed E-state index contributed by atoms with van der Waals surface area (Å²) in [4.78, 5) is 10.8. The zero-order chi connectivity index (χ0) is 38.7. The molecule has 0 aliphatic heterocycles. The van der Waals surface area contributed by atoms with Crippen molar-refractivity contribution in [2.45, 2.75) is 244 Å². The highest BCUT2D eigenvalue weighted by Gasteiger charge is 2.43. The van der Waals surface area contributed by atoms with E-state index in [4.69, 9.17) is 9.05 Å². The van der Waals surface area contributed by atoms with Crippen LogP contribution in [-0.4, -0.2) is 72.2 Å². The van der Waals surface area contributed by atoms with Crippen LogP contribution in [0.5, 0.6) is 0 Å². The summed E-state index contributed by atoms with van der Waals surface area (Å²) in [7, 11) is 1.90. The fourth-order valence-corrected chi connectivity index (χ4v) is 8.91. The number of aliphatic hydroxyl groups excluding tert-OH is 2. The van der Waals surface area contributed by atoms with E-state index in [0.717, 1.165) is 38.5 Å². The Hall–Kier alpha value is -0.0100. The number of phosphoric ester groups is 1. The Bertz CT molecular complexity index is 755. The van der Waals surface area contributed by atoms with Gasteiger partial charge >= 0.3 is 7.82 Å². The van der Waals surface area contributed by atoms with E-state index in [0.29, 0.717) is 11.0 Å². The van der Waals surface area contributed by atoms with Crippen LogP contribution in [0.4, 0.5) is 0 Å². The van der Waals surface area contributed by atoms with Gasteiger partial charge in [0.2, 0.25) is 0 Å². The number of nitrogens with zero attached hydrogens (tertiary/aromatic N) is 1. The fourth-order valence-electron chi connectivity index (χ4n) is 7.76. The molecule has 0 radical (unpaired) electrons. The van der Waals surface area contributed by atoms with Gasteiger partial charge in [-0.3, -0.25) is 9.05 Å². The SMILES string of the molecule is CCCCCCCCCCCCCCCCCCC(CCCCCCCCCCCCCCCCCC)(C[N+](C)(C)C)OP(=O)(O)OC[C@H](O)CO. The summed E-state index contributed by atoms with van der Waals surface area (Å²) in [6, 6.07) is 0. The quantitative estimate of drug-likeness (QED) is 0.0325. The third kappa shape index (κ3) is 35.7. The Morgan fingerprint density at radius 2 is 0.788 bits per heavy atom. The number of phosphoric acid groups is 1. The summed E-state index contributed by atoms with van der Waals surface area (Å²) in [5, 5.41) is 18.9. The first-order valence-electron chi connectivity index (χ1n) is 22.8. The minimum atomic E-state index is -4.43. The number of hydrogen-bond acceptors (Lipinski definition) is 5. The van der Waals surface area contributed by atoms with Crippen LogP contribution in [0.25, 0.3) is 0 Å². The van der Waals surface area contributed by atoms with Crippen LogP contribution in [0, 0.1) is 0 Å². The summed E-state index contributed by atoms with van der Waals surface area (Å²) in [5.74, 6) is 0. The minimum absolute atomic E-state index is 0.428. The molecule has 3 N–H and O–H groups in total. The van der Waals surface area contributed by atoms with Crippen molar-refractivity contribution in [3.8, 4) is 0 Å². The lowest BCUT2D eigenvalue weighted by atomic mass is 9.88. The molecule has 7 nitrogen and oxygen atoms in total. The van der Waals surface area contributed by atoms with E-state index in [1.807, 2.05) is 0 Å². The van der Waals surface area contributed by atoms with Crippen molar-refractivity contribution in [3.63, 3.8) is 0 Å². The van der Waals surface area contributed by atoms with E-state index in [9.17, 15) is 19.7 Å². The van der Waals surface area contributed by atoms with E-state index in [1.54, 1.807) is 0 Å². The van der Waals surface area contributed by atoms with Crippen molar-refractivity contribution in [2.75, 3.05) is 40.9 Å². The zero-order valence-corrected chi connectivity index (χ0v) is 36.6. The van der Waals surface area contributed by atoms with Crippen LogP contribution in [0.15, 0.2) is 0 Å². The topological polar surface area (TPSA) is 96.2 Å². The van der Waals surface area contributed by atoms with Crippen molar-refractivity contribution >= 4 is 7.82 Å². The number of aliphatic hydroxyl groups is 2. The Morgan fingerprint density at radius 1 is 0.519 bits per heavy atom. The Kier molecular flexibility index (Phi) is 35.4. The molecule has 0 fully saturated rings. The summed E-state index contributed by atoms with van der Waals surface area (Å²) >= 11 is 0. The third-order valence-corrected chi connectivity index (χ3v) is 11.8. The molecule has 52 heavy (non-hydrogen) atoms. The maximum absolute atomic E-state index is 13.2. The highest BCUT2D eigenvalue weighted by atomic mass is 31.2. The van der Waals surface area contributed by atoms with E-state index in [1.165, 1.54) is 180 Å². The van der Waals surface area contributed by atoms with Crippen molar-refractivity contribution in [2.24, 2.45) is 0 Å². The predicted molar refractivity (Wildman–Crippen MR) is 224 cm³/mol. The minimum Gasteiger partial charge on any atom is -0.394 e. The van der Waals surface area contributed by atoms with E-state index < -0.39 is 32.7 Å². The average molecular weight is 763 g/mol. The van der Waals surface area contributed by atoms with Gasteiger partial charge in [0.25, 0.3) is 0 Å². The third-order valence-electron chi connectivity index (χ3n) is 10.7. The largest absolute Gasteiger partial charge is 0.473 e. The maximum atomic E-state index is 13.2. The Labute approximate surface area is 325 Å². The lowest BCUT2D eigenvalue weighted by molar-refractivity contribution is -0.876. The molecule has 0 aromatic rings. The monoisotopic (exact) mass is 763 g/mol. The van der Waals surface area contributed by atoms with E-state index in [-0.39, 0.29) is 0 Å². The molecule has 0 bridgehead atoms. The second-order valence-electron chi connectivity index (χ2n) is 17.4. The first-order valence-corrected chi connectivity index (χ1v) is 24.3. The molecule has 8 heteroatoms. The molecule has 314 valence electrons. The molecule has 0 aliphatic rings. The summed E-state index contributed by atoms with van der Waals surface area (Å²) in [5.41, 5.74) is -0.779. The van der Waals surface area contributed by atoms with Gasteiger partial charge in [-0.05, 0) is 12.8 Å². The number of rotatable bonds is 42. The number of hydrogen-bond donors (Lipinski definition) is 3. The molecule has 0 saturated carbocycles. The van der Waals surface area contributed by atoms with Gasteiger partial charge in [0.15, 0.2) is 0 Å². The Morgan fingerprint density at radius 3 is 1.04 bits per heavy atom.